The van der Waals surface area contributed by atoms with E-state index < -0.39 is 0 Å². The molecule has 3 nitrogen and oxygen atoms in total. The van der Waals surface area contributed by atoms with Crippen molar-refractivity contribution in [3.63, 3.8) is 0 Å². The average Bonchev–Trinajstić information content (AvgIpc) is 2.98. The van der Waals surface area contributed by atoms with E-state index in [4.69, 9.17) is 0 Å². The fraction of sp³-hybridized carbons (Fsp3) is 0.300. The Kier molecular flexibility index (Phi) is 3.49. The number of benzene rings is 1. The largest absolute Gasteiger partial charge is 1.00 e. The van der Waals surface area contributed by atoms with Crippen molar-refractivity contribution in [1.82, 2.24) is 5.43 Å². The Morgan fingerprint density at radius 1 is 1.36 bits per heavy atom. The van der Waals surface area contributed by atoms with Crippen molar-refractivity contribution in [2.45, 2.75) is 12.3 Å². The third kappa shape index (κ3) is 2.05. The molecular weight excluding hydrogens is 200 g/mol. The van der Waals surface area contributed by atoms with Crippen LogP contribution < -0.4 is 23.7 Å². The molecule has 0 bridgehead atoms. The number of amides is 1. The molecule has 2 atom stereocenters. The van der Waals surface area contributed by atoms with Crippen molar-refractivity contribution >= 4 is 5.91 Å². The summed E-state index contributed by atoms with van der Waals surface area (Å²) < 4.78 is 0. The molecule has 1 unspecified atom stereocenters. The summed E-state index contributed by atoms with van der Waals surface area (Å²) in [5.41, 5.74) is 3.70. The molecule has 14 heavy (non-hydrogen) atoms. The summed E-state index contributed by atoms with van der Waals surface area (Å²) in [6.45, 7) is 0. The van der Waals surface area contributed by atoms with Crippen LogP contribution in [-0.2, 0) is 4.79 Å². The summed E-state index contributed by atoms with van der Waals surface area (Å²) in [4.78, 5) is 11.2. The summed E-state index contributed by atoms with van der Waals surface area (Å²) in [6, 6.07) is 10.1. The number of nitrogens with one attached hydrogen (secondary N) is 1. The predicted molar refractivity (Wildman–Crippen MR) is 48.3 cm³/mol. The quantitative estimate of drug-likeness (QED) is 0.507. The van der Waals surface area contributed by atoms with Crippen LogP contribution in [0.25, 0.3) is 0 Å². The molecule has 1 saturated carbocycles. The van der Waals surface area contributed by atoms with E-state index in [-0.39, 0.29) is 24.2 Å². The van der Waals surface area contributed by atoms with Crippen molar-refractivity contribution in [2.75, 3.05) is 0 Å². The molecule has 0 aromatic heterocycles. The van der Waals surface area contributed by atoms with Gasteiger partial charge in [-0.15, -0.1) is 0 Å². The molecule has 1 amide bonds. The van der Waals surface area contributed by atoms with E-state index in [9.17, 15) is 4.79 Å². The molecule has 4 N–H and O–H groups in total. The molecular formula is C10H13ClN2O. The molecule has 0 heterocycles. The standard InChI is InChI=1S/C10H12N2O.ClH/c11-12-10(13)9-6-8(9)7-4-2-1-3-5-7;/h1-5,8-9H,6,11H2,(H,12,13);1H/t8-,9?;/m1./s1. The summed E-state index contributed by atoms with van der Waals surface area (Å²) in [7, 11) is 0. The topological polar surface area (TPSA) is 56.7 Å². The Bertz CT molecular complexity index is 315. The zero-order chi connectivity index (χ0) is 9.26. The van der Waals surface area contributed by atoms with Crippen LogP contribution in [-0.4, -0.2) is 5.91 Å². The van der Waals surface area contributed by atoms with E-state index >= 15 is 0 Å². The number of hydrogen-bond donors (Lipinski definition) is 2. The summed E-state index contributed by atoms with van der Waals surface area (Å²) in [6.07, 6.45) is 0.964. The van der Waals surface area contributed by atoms with Crippen molar-refractivity contribution in [3.05, 3.63) is 35.9 Å². The number of carbonyl (C=O) groups is 1. The first-order valence-corrected chi connectivity index (χ1v) is 4.45. The molecule has 0 radical (unpaired) electrons. The van der Waals surface area contributed by atoms with E-state index in [2.05, 4.69) is 23.4 Å². The van der Waals surface area contributed by atoms with Crippen LogP contribution in [0.1, 0.15) is 17.9 Å². The second kappa shape index (κ2) is 4.44. The van der Waals surface area contributed by atoms with Gasteiger partial charge in [-0.2, -0.15) is 0 Å². The highest BCUT2D eigenvalue weighted by molar-refractivity contribution is 5.81. The van der Waals surface area contributed by atoms with Crippen molar-refractivity contribution in [3.8, 4) is 0 Å². The first-order chi connectivity index (χ1) is 6.33. The minimum Gasteiger partial charge on any atom is -1.00 e. The Labute approximate surface area is 89.1 Å². The lowest BCUT2D eigenvalue weighted by Gasteiger charge is -1.97. The van der Waals surface area contributed by atoms with Gasteiger partial charge in [0.2, 0.25) is 0 Å². The maximum atomic E-state index is 11.2. The van der Waals surface area contributed by atoms with Gasteiger partial charge in [-0.05, 0) is 17.9 Å². The van der Waals surface area contributed by atoms with E-state index in [0.29, 0.717) is 5.92 Å². The van der Waals surface area contributed by atoms with Crippen LogP contribution in [0.5, 0.6) is 0 Å². The van der Waals surface area contributed by atoms with Crippen molar-refractivity contribution < 1.29 is 23.0 Å². The third-order valence-electron chi connectivity index (χ3n) is 2.53. The Hall–Kier alpha value is -1.06. The SMILES string of the molecule is [Cl-].[NH3+]NC(=O)C1C[C@@H]1c1ccccc1. The van der Waals surface area contributed by atoms with E-state index in [1.807, 2.05) is 18.2 Å². The predicted octanol–water partition coefficient (Wildman–Crippen LogP) is -2.93. The van der Waals surface area contributed by atoms with E-state index in [1.54, 1.807) is 0 Å². The molecule has 2 rings (SSSR count). The maximum Gasteiger partial charge on any atom is 0.268 e. The zero-order valence-electron chi connectivity index (χ0n) is 7.74. The van der Waals surface area contributed by atoms with Gasteiger partial charge in [0, 0.05) is 0 Å². The Morgan fingerprint density at radius 2 is 2.00 bits per heavy atom. The first kappa shape index (κ1) is 11.0. The van der Waals surface area contributed by atoms with Gasteiger partial charge in [-0.3, -0.25) is 10.6 Å². The number of halogens is 1. The molecule has 0 spiro atoms. The molecule has 1 fully saturated rings. The van der Waals surface area contributed by atoms with Gasteiger partial charge in [-0.25, -0.2) is 5.43 Å². The normalized spacial score (nSPS) is 23.5. The van der Waals surface area contributed by atoms with Crippen LogP contribution in [0, 0.1) is 5.92 Å². The van der Waals surface area contributed by atoms with Crippen molar-refractivity contribution in [1.29, 1.82) is 0 Å². The molecule has 4 heteroatoms. The van der Waals surface area contributed by atoms with Crippen molar-refractivity contribution in [2.24, 2.45) is 5.92 Å². The highest BCUT2D eigenvalue weighted by atomic mass is 35.5. The van der Waals surface area contributed by atoms with E-state index in [1.165, 1.54) is 5.56 Å². The second-order valence-corrected chi connectivity index (χ2v) is 3.40. The summed E-state index contributed by atoms with van der Waals surface area (Å²) in [5.74, 6) is 4.01. The molecule has 0 saturated heterocycles. The molecule has 1 aliphatic rings. The fourth-order valence-electron chi connectivity index (χ4n) is 1.68. The number of quaternary nitrogens is 1. The lowest BCUT2D eigenvalue weighted by molar-refractivity contribution is -0.427. The van der Waals surface area contributed by atoms with Gasteiger partial charge in [0.1, 0.15) is 0 Å². The molecule has 1 aliphatic carbocycles. The number of carbonyl (C=O) groups excluding carboxylic acids is 1. The van der Waals surface area contributed by atoms with Crippen LogP contribution in [0.3, 0.4) is 0 Å². The van der Waals surface area contributed by atoms with Crippen LogP contribution >= 0.6 is 0 Å². The van der Waals surface area contributed by atoms with Crippen LogP contribution in [0.2, 0.25) is 0 Å². The molecule has 0 aliphatic heterocycles. The highest BCUT2D eigenvalue weighted by Crippen LogP contribution is 2.47. The van der Waals surface area contributed by atoms with E-state index in [0.717, 1.165) is 6.42 Å². The van der Waals surface area contributed by atoms with Gasteiger partial charge in [0.05, 0.1) is 5.92 Å². The smallest absolute Gasteiger partial charge is 0.268 e. The number of rotatable bonds is 2. The lowest BCUT2D eigenvalue weighted by atomic mass is 10.1. The Balaban J connectivity index is 0.000000980. The van der Waals surface area contributed by atoms with Gasteiger partial charge in [-0.1, -0.05) is 30.3 Å². The first-order valence-electron chi connectivity index (χ1n) is 4.45. The highest BCUT2D eigenvalue weighted by Gasteiger charge is 2.44. The molecule has 1 aromatic carbocycles. The molecule has 1 aromatic rings. The minimum absolute atomic E-state index is 0. The molecule has 76 valence electrons. The van der Waals surface area contributed by atoms with Crippen LogP contribution in [0.4, 0.5) is 0 Å². The van der Waals surface area contributed by atoms with Crippen LogP contribution in [0.15, 0.2) is 30.3 Å². The van der Waals surface area contributed by atoms with Gasteiger partial charge in [0.25, 0.3) is 5.91 Å². The fourth-order valence-corrected chi connectivity index (χ4v) is 1.68. The van der Waals surface area contributed by atoms with Gasteiger partial charge in [0.15, 0.2) is 0 Å². The lowest BCUT2D eigenvalue weighted by Crippen LogP contribution is -3.00. The number of hydrogen-bond acceptors (Lipinski definition) is 1. The monoisotopic (exact) mass is 212 g/mol. The Morgan fingerprint density at radius 3 is 2.57 bits per heavy atom. The summed E-state index contributed by atoms with van der Waals surface area (Å²) >= 11 is 0. The second-order valence-electron chi connectivity index (χ2n) is 3.40. The zero-order valence-corrected chi connectivity index (χ0v) is 8.50. The van der Waals surface area contributed by atoms with Gasteiger partial charge >= 0.3 is 0 Å². The maximum absolute atomic E-state index is 11.2. The summed E-state index contributed by atoms with van der Waals surface area (Å²) in [5, 5.41) is 0. The van der Waals surface area contributed by atoms with Gasteiger partial charge < -0.3 is 12.4 Å². The third-order valence-corrected chi connectivity index (χ3v) is 2.53. The average molecular weight is 213 g/mol. The minimum atomic E-state index is 0.